The van der Waals surface area contributed by atoms with E-state index in [9.17, 15) is 18.0 Å². The van der Waals surface area contributed by atoms with Crippen LogP contribution < -0.4 is 0 Å². The Morgan fingerprint density at radius 2 is 1.96 bits per heavy atom. The molecule has 2 aliphatic rings. The molecule has 0 saturated heterocycles. The molecule has 2 aromatic rings. The van der Waals surface area contributed by atoms with E-state index in [1.54, 1.807) is 24.3 Å². The number of hydrogen-bond acceptors (Lipinski definition) is 5. The Labute approximate surface area is 157 Å². The largest absolute Gasteiger partial charge is 0.460 e. The Bertz CT molecular complexity index is 1070. The average molecular weight is 383 g/mol. The van der Waals surface area contributed by atoms with E-state index in [0.29, 0.717) is 5.56 Å². The maximum atomic E-state index is 12.5. The molecule has 4 rings (SSSR count). The van der Waals surface area contributed by atoms with Gasteiger partial charge in [0, 0.05) is 0 Å². The summed E-state index contributed by atoms with van der Waals surface area (Å²) in [6.07, 6.45) is 5.95. The molecule has 1 aliphatic heterocycles. The number of aryl methyl sites for hydroxylation is 1. The van der Waals surface area contributed by atoms with Gasteiger partial charge < -0.3 is 4.74 Å². The van der Waals surface area contributed by atoms with Gasteiger partial charge in [-0.2, -0.15) is 0 Å². The Kier molecular flexibility index (Phi) is 4.31. The molecule has 1 amide bonds. The number of carbonyl (C=O) groups excluding carboxylic acids is 2. The second-order valence-corrected chi connectivity index (χ2v) is 8.20. The Morgan fingerprint density at radius 1 is 1.15 bits per heavy atom. The summed E-state index contributed by atoms with van der Waals surface area (Å²) in [6, 6.07) is 11.4. The molecule has 0 N–H and O–H groups in total. The molecule has 7 heteroatoms. The van der Waals surface area contributed by atoms with Crippen molar-refractivity contribution in [2.24, 2.45) is 0 Å². The van der Waals surface area contributed by atoms with E-state index in [2.05, 4.69) is 6.08 Å². The smallest absolute Gasteiger partial charge is 0.338 e. The van der Waals surface area contributed by atoms with Crippen LogP contribution >= 0.6 is 0 Å². The summed E-state index contributed by atoms with van der Waals surface area (Å²) >= 11 is 0. The molecule has 0 spiro atoms. The molecule has 0 atom stereocenters. The lowest BCUT2D eigenvalue weighted by Gasteiger charge is -2.15. The minimum Gasteiger partial charge on any atom is -0.460 e. The highest BCUT2D eigenvalue weighted by atomic mass is 32.2. The van der Waals surface area contributed by atoms with Crippen LogP contribution in [0.4, 0.5) is 0 Å². The zero-order valence-electron chi connectivity index (χ0n) is 14.4. The van der Waals surface area contributed by atoms with Crippen LogP contribution in [0.25, 0.3) is 6.08 Å². The maximum Gasteiger partial charge on any atom is 0.338 e. The van der Waals surface area contributed by atoms with Crippen molar-refractivity contribution in [3.63, 3.8) is 0 Å². The molecule has 0 bridgehead atoms. The van der Waals surface area contributed by atoms with Crippen LogP contribution in [-0.2, 0) is 21.2 Å². The molecule has 138 valence electrons. The highest BCUT2D eigenvalue weighted by molar-refractivity contribution is 7.90. The first-order valence-corrected chi connectivity index (χ1v) is 10.1. The lowest BCUT2D eigenvalue weighted by atomic mass is 9.95. The molecule has 0 unspecified atom stereocenters. The minimum absolute atomic E-state index is 0.0113. The van der Waals surface area contributed by atoms with Gasteiger partial charge in [-0.25, -0.2) is 17.5 Å². The highest BCUT2D eigenvalue weighted by Crippen LogP contribution is 2.29. The Balaban J connectivity index is 1.43. The lowest BCUT2D eigenvalue weighted by Crippen LogP contribution is -2.33. The Morgan fingerprint density at radius 3 is 2.78 bits per heavy atom. The van der Waals surface area contributed by atoms with Crippen molar-refractivity contribution in [1.29, 1.82) is 0 Å². The van der Waals surface area contributed by atoms with Crippen LogP contribution in [0.3, 0.4) is 0 Å². The molecule has 0 aromatic heterocycles. The lowest BCUT2D eigenvalue weighted by molar-refractivity contribution is 0.0477. The summed E-state index contributed by atoms with van der Waals surface area (Å²) in [5.74, 6) is -1.14. The first-order chi connectivity index (χ1) is 13.0. The van der Waals surface area contributed by atoms with E-state index in [1.165, 1.54) is 17.7 Å². The zero-order chi connectivity index (χ0) is 19.0. The predicted octanol–water partition coefficient (Wildman–Crippen LogP) is 2.65. The summed E-state index contributed by atoms with van der Waals surface area (Å²) < 4.78 is 30.9. The topological polar surface area (TPSA) is 80.8 Å². The van der Waals surface area contributed by atoms with E-state index in [-0.39, 0.29) is 23.6 Å². The van der Waals surface area contributed by atoms with E-state index in [4.69, 9.17) is 4.74 Å². The number of nitrogens with zero attached hydrogens (tertiary/aromatic N) is 1. The van der Waals surface area contributed by atoms with Gasteiger partial charge in [0.25, 0.3) is 15.9 Å². The van der Waals surface area contributed by atoms with E-state index >= 15 is 0 Å². The van der Waals surface area contributed by atoms with Crippen LogP contribution in [-0.4, -0.2) is 37.8 Å². The summed E-state index contributed by atoms with van der Waals surface area (Å²) in [7, 11) is -3.89. The fraction of sp³-hybridized carbons (Fsp3) is 0.200. The second-order valence-electron chi connectivity index (χ2n) is 6.37. The van der Waals surface area contributed by atoms with Crippen molar-refractivity contribution in [2.75, 3.05) is 13.2 Å². The van der Waals surface area contributed by atoms with Gasteiger partial charge in [0.2, 0.25) is 0 Å². The molecule has 27 heavy (non-hydrogen) atoms. The number of benzene rings is 2. The number of amides is 1. The van der Waals surface area contributed by atoms with Crippen LogP contribution in [0, 0.1) is 0 Å². The number of fused-ring (bicyclic) bond motifs is 2. The monoisotopic (exact) mass is 383 g/mol. The van der Waals surface area contributed by atoms with Crippen molar-refractivity contribution in [1.82, 2.24) is 4.31 Å². The summed E-state index contributed by atoms with van der Waals surface area (Å²) in [5.41, 5.74) is 2.72. The molecule has 0 radical (unpaired) electrons. The normalized spacial score (nSPS) is 16.7. The number of rotatable bonds is 4. The zero-order valence-corrected chi connectivity index (χ0v) is 15.2. The quantitative estimate of drug-likeness (QED) is 0.758. The second kappa shape index (κ2) is 6.66. The first-order valence-electron chi connectivity index (χ1n) is 8.61. The van der Waals surface area contributed by atoms with Gasteiger partial charge in [0.05, 0.1) is 17.7 Å². The van der Waals surface area contributed by atoms with Gasteiger partial charge in [-0.3, -0.25) is 4.79 Å². The molecule has 0 fully saturated rings. The maximum absolute atomic E-state index is 12.5. The molecule has 2 aromatic carbocycles. The van der Waals surface area contributed by atoms with Crippen LogP contribution in [0.2, 0.25) is 0 Å². The number of carbonyl (C=O) groups is 2. The minimum atomic E-state index is -3.89. The van der Waals surface area contributed by atoms with Crippen molar-refractivity contribution in [2.45, 2.75) is 17.7 Å². The van der Waals surface area contributed by atoms with Crippen molar-refractivity contribution in [3.05, 3.63) is 70.8 Å². The van der Waals surface area contributed by atoms with Gasteiger partial charge in [-0.15, -0.1) is 0 Å². The van der Waals surface area contributed by atoms with Crippen LogP contribution in [0.5, 0.6) is 0 Å². The van der Waals surface area contributed by atoms with Gasteiger partial charge in [-0.1, -0.05) is 30.4 Å². The van der Waals surface area contributed by atoms with Crippen LogP contribution in [0.1, 0.15) is 38.3 Å². The van der Waals surface area contributed by atoms with Gasteiger partial charge in [0.15, 0.2) is 0 Å². The first kappa shape index (κ1) is 17.5. The van der Waals surface area contributed by atoms with E-state index in [0.717, 1.165) is 22.7 Å². The van der Waals surface area contributed by atoms with E-state index in [1.807, 2.05) is 12.1 Å². The van der Waals surface area contributed by atoms with Gasteiger partial charge in [-0.05, 0) is 48.2 Å². The summed E-state index contributed by atoms with van der Waals surface area (Å²) in [5, 5.41) is 0. The van der Waals surface area contributed by atoms with Crippen LogP contribution in [0.15, 0.2) is 53.4 Å². The van der Waals surface area contributed by atoms with Crippen molar-refractivity contribution >= 4 is 28.0 Å². The number of esters is 1. The molecule has 0 saturated carbocycles. The van der Waals surface area contributed by atoms with Gasteiger partial charge >= 0.3 is 5.97 Å². The number of sulfonamides is 1. The van der Waals surface area contributed by atoms with E-state index < -0.39 is 21.9 Å². The molecule has 1 aliphatic carbocycles. The van der Waals surface area contributed by atoms with Crippen molar-refractivity contribution in [3.8, 4) is 0 Å². The van der Waals surface area contributed by atoms with Crippen molar-refractivity contribution < 1.29 is 22.7 Å². The number of allylic oxidation sites excluding steroid dienone is 1. The fourth-order valence-corrected chi connectivity index (χ4v) is 4.86. The average Bonchev–Trinajstić information content (AvgIpc) is 2.88. The molecule has 1 heterocycles. The Hall–Kier alpha value is -2.93. The van der Waals surface area contributed by atoms with Gasteiger partial charge in [0.1, 0.15) is 11.5 Å². The molecular formula is C20H17NO5S. The number of hydrogen-bond donors (Lipinski definition) is 0. The predicted molar refractivity (Wildman–Crippen MR) is 98.7 cm³/mol. The third-order valence-electron chi connectivity index (χ3n) is 4.70. The molecular weight excluding hydrogens is 366 g/mol. The standard InChI is InChI=1S/C20H17NO5S/c22-19-17-7-3-4-8-18(17)27(24,25)21(19)11-12-26-20(23)16-10-9-14-5-1-2-6-15(14)13-16/h2-4,6-10,13H,1,5,11-12H2. The highest BCUT2D eigenvalue weighted by Gasteiger charge is 2.40. The SMILES string of the molecule is O=C(OCCN1C(=O)c2ccccc2S1(=O)=O)c1ccc2c(c1)C=CCC2. The summed E-state index contributed by atoms with van der Waals surface area (Å²) in [6.45, 7) is -0.419. The summed E-state index contributed by atoms with van der Waals surface area (Å²) in [4.78, 5) is 24.6. The third-order valence-corrected chi connectivity index (χ3v) is 6.54. The molecule has 6 nitrogen and oxygen atoms in total. The number of ether oxygens (including phenoxy) is 1. The third kappa shape index (κ3) is 3.04. The fourth-order valence-electron chi connectivity index (χ4n) is 3.31.